The third-order valence-corrected chi connectivity index (χ3v) is 1.21. The van der Waals surface area contributed by atoms with Crippen molar-refractivity contribution in [2.75, 3.05) is 0 Å². The van der Waals surface area contributed by atoms with Crippen LogP contribution in [0.15, 0.2) is 23.3 Å². The second-order valence-electron chi connectivity index (χ2n) is 1.95. The Hall–Kier alpha value is -1.36. The van der Waals surface area contributed by atoms with E-state index in [2.05, 4.69) is 0 Å². The minimum absolute atomic E-state index is 0.659. The monoisotopic (exact) mass is 135 g/mol. The van der Waals surface area contributed by atoms with Gasteiger partial charge in [0.2, 0.25) is 0 Å². The van der Waals surface area contributed by atoms with Gasteiger partial charge in [0.15, 0.2) is 0 Å². The first kappa shape index (κ1) is 8.64. The standard InChI is InChI=1S/C8H9NO/c1-7(4-3-5-9)8(2)6-10/h3-4,6H,1-2H3/b4-3+,8-7-. The van der Waals surface area contributed by atoms with E-state index in [-0.39, 0.29) is 0 Å². The van der Waals surface area contributed by atoms with Crippen LogP contribution < -0.4 is 0 Å². The highest BCUT2D eigenvalue weighted by molar-refractivity contribution is 5.74. The van der Waals surface area contributed by atoms with Gasteiger partial charge in [-0.05, 0) is 31.1 Å². The van der Waals surface area contributed by atoms with Crippen LogP contribution in [0.1, 0.15) is 13.8 Å². The summed E-state index contributed by atoms with van der Waals surface area (Å²) >= 11 is 0. The van der Waals surface area contributed by atoms with Gasteiger partial charge in [0.1, 0.15) is 6.29 Å². The summed E-state index contributed by atoms with van der Waals surface area (Å²) in [7, 11) is 0. The van der Waals surface area contributed by atoms with Crippen molar-refractivity contribution in [1.82, 2.24) is 0 Å². The van der Waals surface area contributed by atoms with E-state index in [1.165, 1.54) is 6.08 Å². The molecule has 0 aromatic heterocycles. The normalized spacial score (nSPS) is 12.5. The van der Waals surface area contributed by atoms with E-state index in [0.29, 0.717) is 5.57 Å². The lowest BCUT2D eigenvalue weighted by atomic mass is 10.1. The molecule has 0 saturated carbocycles. The summed E-state index contributed by atoms with van der Waals surface area (Å²) < 4.78 is 0. The SMILES string of the molecule is C/C(C=O)=C(C)/C=C/C#N. The van der Waals surface area contributed by atoms with E-state index in [1.54, 1.807) is 19.9 Å². The molecular weight excluding hydrogens is 126 g/mol. The molecule has 0 radical (unpaired) electrons. The predicted molar refractivity (Wildman–Crippen MR) is 39.2 cm³/mol. The molecule has 2 nitrogen and oxygen atoms in total. The molecule has 0 atom stereocenters. The molecule has 2 heteroatoms. The molecule has 10 heavy (non-hydrogen) atoms. The van der Waals surface area contributed by atoms with Gasteiger partial charge in [-0.25, -0.2) is 0 Å². The summed E-state index contributed by atoms with van der Waals surface area (Å²) in [6.45, 7) is 3.50. The molecule has 0 heterocycles. The van der Waals surface area contributed by atoms with Crippen molar-refractivity contribution >= 4 is 6.29 Å². The van der Waals surface area contributed by atoms with Crippen LogP contribution in [0.3, 0.4) is 0 Å². The molecule has 0 fully saturated rings. The van der Waals surface area contributed by atoms with Crippen LogP contribution in [0.5, 0.6) is 0 Å². The average molecular weight is 135 g/mol. The molecule has 0 aliphatic heterocycles. The number of hydrogen-bond acceptors (Lipinski definition) is 2. The maximum atomic E-state index is 10.1. The quantitative estimate of drug-likeness (QED) is 0.250. The highest BCUT2D eigenvalue weighted by Gasteiger charge is 1.87. The molecule has 0 N–H and O–H groups in total. The molecule has 0 aliphatic rings. The molecule has 0 bridgehead atoms. The van der Waals surface area contributed by atoms with Crippen molar-refractivity contribution in [1.29, 1.82) is 5.26 Å². The number of hydrogen-bond donors (Lipinski definition) is 0. The van der Waals surface area contributed by atoms with E-state index >= 15 is 0 Å². The van der Waals surface area contributed by atoms with E-state index in [1.807, 2.05) is 6.07 Å². The average Bonchev–Trinajstić information content (AvgIpc) is 1.98. The highest BCUT2D eigenvalue weighted by atomic mass is 16.1. The molecular formula is C8H9NO. The van der Waals surface area contributed by atoms with Gasteiger partial charge in [-0.2, -0.15) is 5.26 Å². The molecule has 0 aromatic rings. The van der Waals surface area contributed by atoms with Gasteiger partial charge in [-0.15, -0.1) is 0 Å². The number of nitriles is 1. The van der Waals surface area contributed by atoms with E-state index < -0.39 is 0 Å². The summed E-state index contributed by atoms with van der Waals surface area (Å²) in [5.41, 5.74) is 1.49. The molecule has 0 unspecified atom stereocenters. The fourth-order valence-electron chi connectivity index (χ4n) is 0.387. The van der Waals surface area contributed by atoms with Crippen LogP contribution in [-0.4, -0.2) is 6.29 Å². The fourth-order valence-corrected chi connectivity index (χ4v) is 0.387. The molecule has 0 rings (SSSR count). The van der Waals surface area contributed by atoms with Gasteiger partial charge in [0.25, 0.3) is 0 Å². The minimum atomic E-state index is 0.659. The van der Waals surface area contributed by atoms with E-state index in [0.717, 1.165) is 11.9 Å². The smallest absolute Gasteiger partial charge is 0.146 e. The van der Waals surface area contributed by atoms with Gasteiger partial charge in [0, 0.05) is 6.08 Å². The molecule has 0 amide bonds. The Labute approximate surface area is 60.5 Å². The maximum absolute atomic E-state index is 10.1. The molecule has 0 saturated heterocycles. The predicted octanol–water partition coefficient (Wildman–Crippen LogP) is 1.60. The van der Waals surface area contributed by atoms with Crippen molar-refractivity contribution in [3.05, 3.63) is 23.3 Å². The number of rotatable bonds is 2. The van der Waals surface area contributed by atoms with Crippen LogP contribution in [-0.2, 0) is 4.79 Å². The summed E-state index contributed by atoms with van der Waals surface area (Å²) in [4.78, 5) is 10.1. The topological polar surface area (TPSA) is 40.9 Å². The second-order valence-corrected chi connectivity index (χ2v) is 1.95. The van der Waals surface area contributed by atoms with Crippen LogP contribution >= 0.6 is 0 Å². The van der Waals surface area contributed by atoms with Crippen molar-refractivity contribution in [3.8, 4) is 6.07 Å². The Kier molecular flexibility index (Phi) is 3.90. The molecule has 52 valence electrons. The summed E-state index contributed by atoms with van der Waals surface area (Å²) in [6, 6.07) is 1.85. The largest absolute Gasteiger partial charge is 0.298 e. The lowest BCUT2D eigenvalue weighted by molar-refractivity contribution is -0.104. The van der Waals surface area contributed by atoms with Crippen molar-refractivity contribution in [2.24, 2.45) is 0 Å². The number of allylic oxidation sites excluding steroid dienone is 4. The Morgan fingerprint density at radius 1 is 1.40 bits per heavy atom. The number of nitrogens with zero attached hydrogens (tertiary/aromatic N) is 1. The zero-order valence-corrected chi connectivity index (χ0v) is 6.09. The van der Waals surface area contributed by atoms with Gasteiger partial charge in [0.05, 0.1) is 6.07 Å². The van der Waals surface area contributed by atoms with Crippen LogP contribution in [0, 0.1) is 11.3 Å². The van der Waals surface area contributed by atoms with Gasteiger partial charge >= 0.3 is 0 Å². The molecule has 0 aromatic carbocycles. The first-order valence-corrected chi connectivity index (χ1v) is 2.91. The summed E-state index contributed by atoms with van der Waals surface area (Å²) in [6.07, 6.45) is 3.74. The van der Waals surface area contributed by atoms with Crippen molar-refractivity contribution in [2.45, 2.75) is 13.8 Å². The van der Waals surface area contributed by atoms with Gasteiger partial charge in [-0.3, -0.25) is 4.79 Å². The number of aldehydes is 1. The zero-order valence-electron chi connectivity index (χ0n) is 6.09. The third-order valence-electron chi connectivity index (χ3n) is 1.21. The van der Waals surface area contributed by atoms with Crippen molar-refractivity contribution < 1.29 is 4.79 Å². The number of carbonyl (C=O) groups excluding carboxylic acids is 1. The van der Waals surface area contributed by atoms with Gasteiger partial charge in [-0.1, -0.05) is 0 Å². The van der Waals surface area contributed by atoms with Crippen LogP contribution in [0.25, 0.3) is 0 Å². The van der Waals surface area contributed by atoms with E-state index in [4.69, 9.17) is 5.26 Å². The fraction of sp³-hybridized carbons (Fsp3) is 0.250. The number of carbonyl (C=O) groups is 1. The van der Waals surface area contributed by atoms with Crippen molar-refractivity contribution in [3.63, 3.8) is 0 Å². The first-order chi connectivity index (χ1) is 4.72. The van der Waals surface area contributed by atoms with Crippen LogP contribution in [0.2, 0.25) is 0 Å². The maximum Gasteiger partial charge on any atom is 0.146 e. The Bertz CT molecular complexity index is 218. The second kappa shape index (κ2) is 4.51. The highest BCUT2D eigenvalue weighted by Crippen LogP contribution is 2.00. The minimum Gasteiger partial charge on any atom is -0.298 e. The summed E-state index contributed by atoms with van der Waals surface area (Å²) in [5, 5.41) is 8.12. The Morgan fingerprint density at radius 2 is 2.00 bits per heavy atom. The molecule has 0 aliphatic carbocycles. The van der Waals surface area contributed by atoms with Gasteiger partial charge < -0.3 is 0 Å². The Morgan fingerprint density at radius 3 is 2.40 bits per heavy atom. The molecule has 0 spiro atoms. The third kappa shape index (κ3) is 2.83. The zero-order chi connectivity index (χ0) is 7.98. The lowest BCUT2D eigenvalue weighted by Gasteiger charge is -1.90. The Balaban J connectivity index is 4.36. The first-order valence-electron chi connectivity index (χ1n) is 2.91. The van der Waals surface area contributed by atoms with E-state index in [9.17, 15) is 4.79 Å². The summed E-state index contributed by atoms with van der Waals surface area (Å²) in [5.74, 6) is 0. The van der Waals surface area contributed by atoms with Crippen LogP contribution in [0.4, 0.5) is 0 Å². The lowest BCUT2D eigenvalue weighted by Crippen LogP contribution is -1.80.